The third-order valence-electron chi connectivity index (χ3n) is 4.29. The summed E-state index contributed by atoms with van der Waals surface area (Å²) in [4.78, 5) is 16.1. The van der Waals surface area contributed by atoms with Gasteiger partial charge in [0.15, 0.2) is 17.4 Å². The summed E-state index contributed by atoms with van der Waals surface area (Å²) in [7, 11) is 0. The summed E-state index contributed by atoms with van der Waals surface area (Å²) in [5.41, 5.74) is 7.28. The van der Waals surface area contributed by atoms with E-state index in [2.05, 4.69) is 25.6 Å². The first-order valence-electron chi connectivity index (χ1n) is 9.41. The van der Waals surface area contributed by atoms with Gasteiger partial charge in [-0.1, -0.05) is 0 Å². The van der Waals surface area contributed by atoms with Crippen LogP contribution in [0.5, 0.6) is 11.6 Å². The van der Waals surface area contributed by atoms with E-state index >= 15 is 0 Å². The highest BCUT2D eigenvalue weighted by molar-refractivity contribution is 5.90. The molecule has 10 nitrogen and oxygen atoms in total. The fraction of sp³-hybridized carbons (Fsp3) is 0.150. The second-order valence-electron chi connectivity index (χ2n) is 6.57. The van der Waals surface area contributed by atoms with Gasteiger partial charge in [0.2, 0.25) is 11.5 Å². The maximum Gasteiger partial charge on any atom is 0.411 e. The Morgan fingerprint density at radius 2 is 2.03 bits per heavy atom. The van der Waals surface area contributed by atoms with E-state index in [9.17, 15) is 13.6 Å². The molecule has 4 rings (SSSR count). The molecular weight excluding hydrogens is 424 g/mol. The molecule has 3 aromatic heterocycles. The molecule has 0 radical (unpaired) electrons. The van der Waals surface area contributed by atoms with Crippen molar-refractivity contribution in [1.29, 1.82) is 0 Å². The number of hydrogen-bond acceptors (Lipinski definition) is 8. The Kier molecular flexibility index (Phi) is 5.50. The quantitative estimate of drug-likeness (QED) is 0.479. The van der Waals surface area contributed by atoms with Gasteiger partial charge >= 0.3 is 6.09 Å². The molecule has 1 amide bonds. The van der Waals surface area contributed by atoms with Gasteiger partial charge in [-0.15, -0.1) is 10.2 Å². The summed E-state index contributed by atoms with van der Waals surface area (Å²) >= 11 is 0. The van der Waals surface area contributed by atoms with Crippen LogP contribution in [0.3, 0.4) is 0 Å². The average Bonchev–Trinajstić information content (AvgIpc) is 3.12. The first-order valence-corrected chi connectivity index (χ1v) is 9.41. The number of fused-ring (bicyclic) bond motifs is 1. The molecule has 0 saturated heterocycles. The van der Waals surface area contributed by atoms with Gasteiger partial charge in [-0.25, -0.2) is 18.6 Å². The van der Waals surface area contributed by atoms with Crippen LogP contribution in [0.25, 0.3) is 16.9 Å². The number of ether oxygens (including phenoxy) is 2. The van der Waals surface area contributed by atoms with E-state index in [1.807, 2.05) is 0 Å². The number of anilines is 2. The van der Waals surface area contributed by atoms with Crippen LogP contribution in [0.2, 0.25) is 0 Å². The lowest BCUT2D eigenvalue weighted by Gasteiger charge is -2.13. The van der Waals surface area contributed by atoms with E-state index in [1.165, 1.54) is 22.8 Å². The second-order valence-corrected chi connectivity index (χ2v) is 6.57. The zero-order valence-corrected chi connectivity index (χ0v) is 17.0. The third-order valence-corrected chi connectivity index (χ3v) is 4.29. The number of carbonyl (C=O) groups is 1. The summed E-state index contributed by atoms with van der Waals surface area (Å²) in [5.74, 6) is -1.49. The highest BCUT2D eigenvalue weighted by Gasteiger charge is 2.19. The normalized spacial score (nSPS) is 10.9. The van der Waals surface area contributed by atoms with Crippen molar-refractivity contribution in [3.63, 3.8) is 0 Å². The van der Waals surface area contributed by atoms with Crippen LogP contribution >= 0.6 is 0 Å². The number of amides is 1. The molecule has 0 aliphatic carbocycles. The number of halogens is 2. The average molecular weight is 441 g/mol. The minimum atomic E-state index is -0.905. The maximum atomic E-state index is 14.1. The first-order chi connectivity index (χ1) is 15.4. The van der Waals surface area contributed by atoms with Crippen LogP contribution < -0.4 is 15.8 Å². The molecule has 3 N–H and O–H groups in total. The Bertz CT molecular complexity index is 1330. The molecule has 164 valence electrons. The van der Waals surface area contributed by atoms with Gasteiger partial charge in [-0.05, 0) is 38.1 Å². The molecule has 0 fully saturated rings. The number of pyridine rings is 1. The number of aromatic nitrogens is 5. The molecule has 32 heavy (non-hydrogen) atoms. The number of nitrogens with zero attached hydrogens (tertiary/aromatic N) is 5. The molecule has 0 atom stereocenters. The SMILES string of the molecule is CCOC(=O)Nc1cc(-c2cc(N)cnc2Oc2ccc(F)cc2F)nn2c(C)nnc12. The van der Waals surface area contributed by atoms with Crippen molar-refractivity contribution in [2.24, 2.45) is 0 Å². The molecule has 4 aromatic rings. The number of benzene rings is 1. The van der Waals surface area contributed by atoms with Crippen molar-refractivity contribution in [2.75, 3.05) is 17.7 Å². The molecule has 0 bridgehead atoms. The topological polar surface area (TPSA) is 130 Å². The Morgan fingerprint density at radius 3 is 2.78 bits per heavy atom. The Morgan fingerprint density at radius 1 is 1.22 bits per heavy atom. The lowest BCUT2D eigenvalue weighted by molar-refractivity contribution is 0.168. The fourth-order valence-corrected chi connectivity index (χ4v) is 2.88. The van der Waals surface area contributed by atoms with E-state index in [1.54, 1.807) is 13.8 Å². The number of hydrogen-bond donors (Lipinski definition) is 2. The van der Waals surface area contributed by atoms with Crippen LogP contribution in [0.15, 0.2) is 36.5 Å². The fourth-order valence-electron chi connectivity index (χ4n) is 2.88. The van der Waals surface area contributed by atoms with Gasteiger partial charge in [0, 0.05) is 6.07 Å². The smallest absolute Gasteiger partial charge is 0.411 e. The Labute approximate surface area is 180 Å². The zero-order chi connectivity index (χ0) is 22.8. The number of carbonyl (C=O) groups excluding carboxylic acids is 1. The number of rotatable bonds is 5. The lowest BCUT2D eigenvalue weighted by Crippen LogP contribution is -2.15. The number of nitrogens with two attached hydrogens (primary N) is 1. The number of nitrogens with one attached hydrogen (secondary N) is 1. The summed E-state index contributed by atoms with van der Waals surface area (Å²) in [6.45, 7) is 3.52. The number of aryl methyl sites for hydroxylation is 1. The standard InChI is InChI=1S/C20H17F2N7O3/c1-3-31-20(30)25-16-8-15(28-29-10(2)26-27-18(16)29)13-7-12(23)9-24-19(13)32-17-5-4-11(21)6-14(17)22/h4-9H,3,23H2,1-2H3,(H,25,30). The van der Waals surface area contributed by atoms with Crippen molar-refractivity contribution in [2.45, 2.75) is 13.8 Å². The van der Waals surface area contributed by atoms with E-state index in [4.69, 9.17) is 15.2 Å². The van der Waals surface area contributed by atoms with Crippen molar-refractivity contribution in [1.82, 2.24) is 24.8 Å². The summed E-state index contributed by atoms with van der Waals surface area (Å²) in [6.07, 6.45) is 0.628. The molecular formula is C20H17F2N7O3. The molecule has 1 aromatic carbocycles. The molecule has 0 saturated carbocycles. The molecule has 0 aliphatic rings. The van der Waals surface area contributed by atoms with Gasteiger partial charge in [-0.2, -0.15) is 9.61 Å². The van der Waals surface area contributed by atoms with E-state index < -0.39 is 17.7 Å². The van der Waals surface area contributed by atoms with Crippen LogP contribution in [0, 0.1) is 18.6 Å². The van der Waals surface area contributed by atoms with Crippen molar-refractivity contribution < 1.29 is 23.0 Å². The van der Waals surface area contributed by atoms with Gasteiger partial charge in [0.25, 0.3) is 0 Å². The van der Waals surface area contributed by atoms with Gasteiger partial charge < -0.3 is 15.2 Å². The predicted octanol–water partition coefficient (Wildman–Crippen LogP) is 3.72. The second kappa shape index (κ2) is 8.41. The summed E-state index contributed by atoms with van der Waals surface area (Å²) in [6, 6.07) is 5.91. The Balaban J connectivity index is 1.84. The highest BCUT2D eigenvalue weighted by atomic mass is 19.1. The van der Waals surface area contributed by atoms with E-state index in [0.717, 1.165) is 12.1 Å². The highest BCUT2D eigenvalue weighted by Crippen LogP contribution is 2.34. The van der Waals surface area contributed by atoms with Crippen LogP contribution in [0.1, 0.15) is 12.7 Å². The van der Waals surface area contributed by atoms with Crippen molar-refractivity contribution in [3.05, 3.63) is 54.0 Å². The summed E-state index contributed by atoms with van der Waals surface area (Å²) < 4.78 is 39.3. The van der Waals surface area contributed by atoms with Crippen molar-refractivity contribution in [3.8, 4) is 22.9 Å². The van der Waals surface area contributed by atoms with E-state index in [0.29, 0.717) is 11.9 Å². The van der Waals surface area contributed by atoms with Gasteiger partial charge in [-0.3, -0.25) is 5.32 Å². The third kappa shape index (κ3) is 4.10. The largest absolute Gasteiger partial charge is 0.450 e. The van der Waals surface area contributed by atoms with Gasteiger partial charge in [0.05, 0.1) is 35.4 Å². The molecule has 0 unspecified atom stereocenters. The maximum absolute atomic E-state index is 14.1. The molecule has 12 heteroatoms. The monoisotopic (exact) mass is 441 g/mol. The molecule has 0 spiro atoms. The van der Waals surface area contributed by atoms with Gasteiger partial charge in [0.1, 0.15) is 5.82 Å². The molecule has 3 heterocycles. The number of nitrogen functional groups attached to an aromatic ring is 1. The van der Waals surface area contributed by atoms with Crippen LogP contribution in [0.4, 0.5) is 25.0 Å². The van der Waals surface area contributed by atoms with Crippen LogP contribution in [-0.2, 0) is 4.74 Å². The van der Waals surface area contributed by atoms with Crippen LogP contribution in [-0.4, -0.2) is 37.5 Å². The minimum absolute atomic E-state index is 0.0376. The Hall–Kier alpha value is -4.35. The first kappa shape index (κ1) is 20.9. The van der Waals surface area contributed by atoms with Crippen molar-refractivity contribution >= 4 is 23.1 Å². The zero-order valence-electron chi connectivity index (χ0n) is 17.0. The summed E-state index contributed by atoms with van der Waals surface area (Å²) in [5, 5.41) is 15.0. The minimum Gasteiger partial charge on any atom is -0.450 e. The lowest BCUT2D eigenvalue weighted by atomic mass is 10.1. The predicted molar refractivity (Wildman–Crippen MR) is 110 cm³/mol. The van der Waals surface area contributed by atoms with E-state index in [-0.39, 0.29) is 46.5 Å². The molecule has 0 aliphatic heterocycles.